The molecule has 4 aliphatic rings. The van der Waals surface area contributed by atoms with Gasteiger partial charge in [-0.1, -0.05) is 13.8 Å². The van der Waals surface area contributed by atoms with Crippen molar-refractivity contribution in [2.45, 2.75) is 97.6 Å². The monoisotopic (exact) mass is 361 g/mol. The van der Waals surface area contributed by atoms with Crippen molar-refractivity contribution in [1.29, 1.82) is 0 Å². The molecule has 0 unspecified atom stereocenters. The predicted octanol–water partition coefficient (Wildman–Crippen LogP) is 4.92. The van der Waals surface area contributed by atoms with Crippen molar-refractivity contribution in [3.8, 4) is 0 Å². The first-order valence-corrected chi connectivity index (χ1v) is 11.2. The third kappa shape index (κ3) is 2.75. The molecule has 3 heteroatoms. The molecule has 0 radical (unpaired) electrons. The van der Waals surface area contributed by atoms with Crippen LogP contribution in [0.5, 0.6) is 0 Å². The van der Waals surface area contributed by atoms with Crippen LogP contribution in [0, 0.1) is 40.4 Å². The molecule has 0 aromatic rings. The normalized spacial score (nSPS) is 51.7. The Hall–Kier alpha value is -0.570. The van der Waals surface area contributed by atoms with Gasteiger partial charge in [-0.05, 0) is 105 Å². The average molecular weight is 362 g/mol. The summed E-state index contributed by atoms with van der Waals surface area (Å²) in [6.07, 6.45) is 11.8. The van der Waals surface area contributed by atoms with Crippen molar-refractivity contribution in [3.63, 3.8) is 0 Å². The lowest BCUT2D eigenvalue weighted by atomic mass is 9.44. The molecule has 0 amide bonds. The van der Waals surface area contributed by atoms with E-state index < -0.39 is 0 Å². The molecule has 0 aromatic heterocycles. The SMILES string of the molecule is CC(=O)O[C@@H]1CC[C@@]2(C)[C@@H](CC[C@@H]3[C@H]2CC[C@@]2(C)[C@H]3CC[C@H]2[C@H](C)N)C1. The number of fused-ring (bicyclic) bond motifs is 5. The second kappa shape index (κ2) is 6.50. The van der Waals surface area contributed by atoms with E-state index in [0.717, 1.165) is 42.4 Å². The first-order valence-electron chi connectivity index (χ1n) is 11.2. The third-order valence-corrected chi connectivity index (χ3v) is 9.66. The second-order valence-electron chi connectivity index (χ2n) is 10.8. The van der Waals surface area contributed by atoms with Crippen LogP contribution >= 0.6 is 0 Å². The fourth-order valence-corrected chi connectivity index (χ4v) is 8.46. The van der Waals surface area contributed by atoms with Crippen molar-refractivity contribution in [2.75, 3.05) is 0 Å². The number of carbonyl (C=O) groups excluding carboxylic acids is 1. The Morgan fingerprint density at radius 1 is 1.00 bits per heavy atom. The van der Waals surface area contributed by atoms with Gasteiger partial charge in [0.15, 0.2) is 0 Å². The summed E-state index contributed by atoms with van der Waals surface area (Å²) in [5, 5.41) is 0. The van der Waals surface area contributed by atoms with Crippen molar-refractivity contribution in [3.05, 3.63) is 0 Å². The Morgan fingerprint density at radius 3 is 2.38 bits per heavy atom. The summed E-state index contributed by atoms with van der Waals surface area (Å²) in [7, 11) is 0. The number of hydrogen-bond donors (Lipinski definition) is 1. The van der Waals surface area contributed by atoms with E-state index in [4.69, 9.17) is 10.5 Å². The van der Waals surface area contributed by atoms with E-state index in [9.17, 15) is 4.79 Å². The Balaban J connectivity index is 1.53. The van der Waals surface area contributed by atoms with Crippen LogP contribution in [0.15, 0.2) is 0 Å². The summed E-state index contributed by atoms with van der Waals surface area (Å²) < 4.78 is 5.59. The largest absolute Gasteiger partial charge is 0.463 e. The molecule has 0 aromatic carbocycles. The molecule has 4 rings (SSSR count). The number of hydrogen-bond acceptors (Lipinski definition) is 3. The van der Waals surface area contributed by atoms with E-state index in [0.29, 0.717) is 16.9 Å². The molecule has 4 aliphatic carbocycles. The van der Waals surface area contributed by atoms with Crippen LogP contribution in [-0.2, 0) is 9.53 Å². The summed E-state index contributed by atoms with van der Waals surface area (Å²) in [5.41, 5.74) is 7.35. The molecule has 148 valence electrons. The van der Waals surface area contributed by atoms with Gasteiger partial charge in [0, 0.05) is 13.0 Å². The molecule has 0 bridgehead atoms. The van der Waals surface area contributed by atoms with Crippen LogP contribution in [0.25, 0.3) is 0 Å². The van der Waals surface area contributed by atoms with Gasteiger partial charge in [0.05, 0.1) is 0 Å². The van der Waals surface area contributed by atoms with Crippen molar-refractivity contribution in [1.82, 2.24) is 0 Å². The van der Waals surface area contributed by atoms with Crippen molar-refractivity contribution < 1.29 is 9.53 Å². The van der Waals surface area contributed by atoms with Gasteiger partial charge < -0.3 is 10.5 Å². The molecule has 0 saturated heterocycles. The third-order valence-electron chi connectivity index (χ3n) is 9.66. The molecule has 2 N–H and O–H groups in total. The lowest BCUT2D eigenvalue weighted by molar-refractivity contribution is -0.160. The van der Waals surface area contributed by atoms with Gasteiger partial charge in [-0.2, -0.15) is 0 Å². The summed E-state index contributed by atoms with van der Waals surface area (Å²) in [6.45, 7) is 8.95. The van der Waals surface area contributed by atoms with Gasteiger partial charge in [0.2, 0.25) is 0 Å². The lowest BCUT2D eigenvalue weighted by Crippen LogP contribution is -2.55. The number of nitrogens with two attached hydrogens (primary N) is 1. The molecule has 4 fully saturated rings. The zero-order valence-corrected chi connectivity index (χ0v) is 17.3. The lowest BCUT2D eigenvalue weighted by Gasteiger charge is -2.61. The fourth-order valence-electron chi connectivity index (χ4n) is 8.46. The molecule has 26 heavy (non-hydrogen) atoms. The van der Waals surface area contributed by atoms with Crippen LogP contribution in [0.3, 0.4) is 0 Å². The molecule has 9 atom stereocenters. The van der Waals surface area contributed by atoms with E-state index in [1.165, 1.54) is 44.9 Å². The maximum absolute atomic E-state index is 11.4. The fraction of sp³-hybridized carbons (Fsp3) is 0.957. The summed E-state index contributed by atoms with van der Waals surface area (Å²) in [6, 6.07) is 0.340. The van der Waals surface area contributed by atoms with Crippen LogP contribution in [-0.4, -0.2) is 18.1 Å². The Labute approximate surface area is 159 Å². The van der Waals surface area contributed by atoms with E-state index >= 15 is 0 Å². The standard InChI is InChI=1S/C23H39NO2/c1-14(24)19-7-8-20-18-6-5-16-13-17(26-15(2)25)9-11-22(16,3)21(18)10-12-23(19,20)4/h14,16-21H,5-13,24H2,1-4H3/t14-,16-,17+,18-,19-,20-,21+,22-,23+/m0/s1. The summed E-state index contributed by atoms with van der Waals surface area (Å²) >= 11 is 0. The maximum atomic E-state index is 11.4. The maximum Gasteiger partial charge on any atom is 0.302 e. The Kier molecular flexibility index (Phi) is 4.69. The van der Waals surface area contributed by atoms with Gasteiger partial charge in [0.25, 0.3) is 0 Å². The minimum Gasteiger partial charge on any atom is -0.463 e. The average Bonchev–Trinajstić information content (AvgIpc) is 2.92. The zero-order chi connectivity index (χ0) is 18.7. The number of carbonyl (C=O) groups is 1. The summed E-state index contributed by atoms with van der Waals surface area (Å²) in [5.74, 6) is 4.04. The topological polar surface area (TPSA) is 52.3 Å². The smallest absolute Gasteiger partial charge is 0.302 e. The highest BCUT2D eigenvalue weighted by molar-refractivity contribution is 5.66. The highest BCUT2D eigenvalue weighted by Gasteiger charge is 2.60. The van der Waals surface area contributed by atoms with E-state index in [2.05, 4.69) is 20.8 Å². The highest BCUT2D eigenvalue weighted by Crippen LogP contribution is 2.67. The van der Waals surface area contributed by atoms with E-state index in [1.54, 1.807) is 6.92 Å². The number of ether oxygens (including phenoxy) is 1. The minimum absolute atomic E-state index is 0.103. The van der Waals surface area contributed by atoms with E-state index in [-0.39, 0.29) is 12.1 Å². The van der Waals surface area contributed by atoms with Gasteiger partial charge in [-0.3, -0.25) is 4.79 Å². The molecular formula is C23H39NO2. The predicted molar refractivity (Wildman–Crippen MR) is 104 cm³/mol. The van der Waals surface area contributed by atoms with Crippen molar-refractivity contribution in [2.24, 2.45) is 46.2 Å². The molecule has 0 spiro atoms. The van der Waals surface area contributed by atoms with Crippen LogP contribution < -0.4 is 5.73 Å². The molecule has 0 aliphatic heterocycles. The zero-order valence-electron chi connectivity index (χ0n) is 17.3. The van der Waals surface area contributed by atoms with Crippen LogP contribution in [0.1, 0.15) is 85.5 Å². The first-order chi connectivity index (χ1) is 12.3. The molecule has 3 nitrogen and oxygen atoms in total. The highest BCUT2D eigenvalue weighted by atomic mass is 16.5. The number of rotatable bonds is 2. The summed E-state index contributed by atoms with van der Waals surface area (Å²) in [4.78, 5) is 11.4. The van der Waals surface area contributed by atoms with Crippen LogP contribution in [0.2, 0.25) is 0 Å². The number of esters is 1. The van der Waals surface area contributed by atoms with Gasteiger partial charge in [-0.15, -0.1) is 0 Å². The first kappa shape index (κ1) is 18.8. The Morgan fingerprint density at radius 2 is 1.69 bits per heavy atom. The Bertz CT molecular complexity index is 560. The minimum atomic E-state index is -0.103. The molecule has 0 heterocycles. The van der Waals surface area contributed by atoms with Crippen molar-refractivity contribution >= 4 is 5.97 Å². The van der Waals surface area contributed by atoms with Gasteiger partial charge in [0.1, 0.15) is 6.10 Å². The van der Waals surface area contributed by atoms with Gasteiger partial charge in [-0.25, -0.2) is 0 Å². The van der Waals surface area contributed by atoms with Gasteiger partial charge >= 0.3 is 5.97 Å². The van der Waals surface area contributed by atoms with E-state index in [1.807, 2.05) is 0 Å². The van der Waals surface area contributed by atoms with Crippen LogP contribution in [0.4, 0.5) is 0 Å². The molecular weight excluding hydrogens is 322 g/mol. The molecule has 4 saturated carbocycles. The second-order valence-corrected chi connectivity index (χ2v) is 10.8. The quantitative estimate of drug-likeness (QED) is 0.710.